The van der Waals surface area contributed by atoms with E-state index < -0.39 is 11.7 Å². The summed E-state index contributed by atoms with van der Waals surface area (Å²) < 4.78 is 24.6. The average molecular weight is 257 g/mol. The first-order valence-corrected chi connectivity index (χ1v) is 5.66. The number of halogens is 1. The molecule has 0 amide bonds. The maximum absolute atomic E-state index is 14.2. The fourth-order valence-corrected chi connectivity index (χ4v) is 1.75. The molecule has 0 heterocycles. The van der Waals surface area contributed by atoms with Crippen LogP contribution < -0.4 is 15.2 Å². The van der Waals surface area contributed by atoms with Gasteiger partial charge >= 0.3 is 0 Å². The van der Waals surface area contributed by atoms with Crippen molar-refractivity contribution >= 4 is 0 Å². The molecular formula is C13H20FNO3. The number of alkyl halides is 1. The molecule has 0 saturated heterocycles. The Morgan fingerprint density at radius 3 is 2.33 bits per heavy atom. The molecule has 3 N–H and O–H groups in total. The van der Waals surface area contributed by atoms with Gasteiger partial charge in [0.1, 0.15) is 5.67 Å². The van der Waals surface area contributed by atoms with Gasteiger partial charge in [0.15, 0.2) is 11.5 Å². The number of methoxy groups -OCH3 is 2. The van der Waals surface area contributed by atoms with Gasteiger partial charge in [0.25, 0.3) is 0 Å². The van der Waals surface area contributed by atoms with Gasteiger partial charge in [0.05, 0.1) is 26.9 Å². The third-order valence-electron chi connectivity index (χ3n) is 2.77. The van der Waals surface area contributed by atoms with Gasteiger partial charge in [-0.05, 0) is 31.5 Å². The van der Waals surface area contributed by atoms with Crippen LogP contribution in [0.15, 0.2) is 12.1 Å². The predicted octanol–water partition coefficient (Wildman–Crippen LogP) is 1.90. The first-order valence-electron chi connectivity index (χ1n) is 5.66. The van der Waals surface area contributed by atoms with Crippen LogP contribution in [0.2, 0.25) is 0 Å². The standard InChI is InChI=1S/C13H20FNO3/c1-13(2,14)9-5-8(10(15)7-16)6-11(17-3)12(9)18-4/h5-6,10,16H,7,15H2,1-4H3. The van der Waals surface area contributed by atoms with Crippen LogP contribution in [0.4, 0.5) is 4.39 Å². The normalized spacial score (nSPS) is 13.3. The van der Waals surface area contributed by atoms with E-state index in [4.69, 9.17) is 20.3 Å². The Hall–Kier alpha value is -1.33. The third kappa shape index (κ3) is 2.91. The van der Waals surface area contributed by atoms with Gasteiger partial charge in [-0.25, -0.2) is 4.39 Å². The van der Waals surface area contributed by atoms with E-state index in [0.29, 0.717) is 22.6 Å². The molecule has 1 aromatic rings. The van der Waals surface area contributed by atoms with Crippen molar-refractivity contribution in [3.63, 3.8) is 0 Å². The highest BCUT2D eigenvalue weighted by atomic mass is 19.1. The van der Waals surface area contributed by atoms with E-state index >= 15 is 0 Å². The van der Waals surface area contributed by atoms with Crippen molar-refractivity contribution in [3.8, 4) is 11.5 Å². The van der Waals surface area contributed by atoms with Crippen LogP contribution in [0.25, 0.3) is 0 Å². The quantitative estimate of drug-likeness (QED) is 0.845. The molecule has 0 aliphatic carbocycles. The van der Waals surface area contributed by atoms with E-state index in [2.05, 4.69) is 0 Å². The van der Waals surface area contributed by atoms with Crippen LogP contribution in [-0.2, 0) is 5.67 Å². The lowest BCUT2D eigenvalue weighted by molar-refractivity contribution is 0.210. The van der Waals surface area contributed by atoms with Gasteiger partial charge in [-0.3, -0.25) is 0 Å². The lowest BCUT2D eigenvalue weighted by Gasteiger charge is -2.22. The van der Waals surface area contributed by atoms with Crippen molar-refractivity contribution < 1.29 is 19.0 Å². The summed E-state index contributed by atoms with van der Waals surface area (Å²) in [5.41, 5.74) is 5.12. The van der Waals surface area contributed by atoms with Crippen molar-refractivity contribution in [1.29, 1.82) is 0 Å². The van der Waals surface area contributed by atoms with E-state index in [1.807, 2.05) is 0 Å². The Morgan fingerprint density at radius 1 is 1.33 bits per heavy atom. The van der Waals surface area contributed by atoms with Crippen LogP contribution in [0.5, 0.6) is 11.5 Å². The fraction of sp³-hybridized carbons (Fsp3) is 0.538. The minimum Gasteiger partial charge on any atom is -0.493 e. The molecule has 0 saturated carbocycles. The fourth-order valence-electron chi connectivity index (χ4n) is 1.75. The smallest absolute Gasteiger partial charge is 0.167 e. The van der Waals surface area contributed by atoms with Gasteiger partial charge in [-0.1, -0.05) is 0 Å². The number of hydrogen-bond donors (Lipinski definition) is 2. The molecule has 1 atom stereocenters. The van der Waals surface area contributed by atoms with E-state index in [-0.39, 0.29) is 6.61 Å². The summed E-state index contributed by atoms with van der Waals surface area (Å²) in [4.78, 5) is 0. The topological polar surface area (TPSA) is 64.7 Å². The molecule has 0 aromatic heterocycles. The number of ether oxygens (including phenoxy) is 2. The third-order valence-corrected chi connectivity index (χ3v) is 2.77. The number of hydrogen-bond acceptors (Lipinski definition) is 4. The molecule has 0 spiro atoms. The number of nitrogens with two attached hydrogens (primary N) is 1. The van der Waals surface area contributed by atoms with E-state index in [1.54, 1.807) is 12.1 Å². The van der Waals surface area contributed by atoms with Gasteiger partial charge in [0, 0.05) is 5.56 Å². The molecular weight excluding hydrogens is 237 g/mol. The molecule has 1 aromatic carbocycles. The highest BCUT2D eigenvalue weighted by Crippen LogP contribution is 2.41. The van der Waals surface area contributed by atoms with Gasteiger partial charge < -0.3 is 20.3 Å². The van der Waals surface area contributed by atoms with Crippen molar-refractivity contribution in [2.75, 3.05) is 20.8 Å². The van der Waals surface area contributed by atoms with E-state index in [1.165, 1.54) is 28.1 Å². The second-order valence-electron chi connectivity index (χ2n) is 4.57. The molecule has 0 fully saturated rings. The van der Waals surface area contributed by atoms with Crippen LogP contribution in [0, 0.1) is 0 Å². The number of benzene rings is 1. The average Bonchev–Trinajstić information content (AvgIpc) is 2.34. The minimum absolute atomic E-state index is 0.221. The zero-order valence-electron chi connectivity index (χ0n) is 11.2. The number of aliphatic hydroxyl groups is 1. The highest BCUT2D eigenvalue weighted by molar-refractivity contribution is 5.52. The maximum Gasteiger partial charge on any atom is 0.167 e. The molecule has 1 unspecified atom stereocenters. The molecule has 102 valence electrons. The molecule has 1 rings (SSSR count). The van der Waals surface area contributed by atoms with Crippen molar-refractivity contribution in [2.24, 2.45) is 5.73 Å². The molecule has 0 bridgehead atoms. The second kappa shape index (κ2) is 5.54. The first kappa shape index (κ1) is 14.7. The maximum atomic E-state index is 14.2. The molecule has 18 heavy (non-hydrogen) atoms. The Balaban J connectivity index is 3.46. The van der Waals surface area contributed by atoms with Crippen LogP contribution in [-0.4, -0.2) is 25.9 Å². The Kier molecular flexibility index (Phi) is 4.53. The molecule has 5 heteroatoms. The Morgan fingerprint density at radius 2 is 1.94 bits per heavy atom. The number of aliphatic hydroxyl groups excluding tert-OH is 1. The summed E-state index contributed by atoms with van der Waals surface area (Å²) in [5.74, 6) is 0.749. The molecule has 4 nitrogen and oxygen atoms in total. The minimum atomic E-state index is -1.59. The Bertz CT molecular complexity index is 415. The van der Waals surface area contributed by atoms with E-state index in [9.17, 15) is 4.39 Å². The van der Waals surface area contributed by atoms with Gasteiger partial charge in [0.2, 0.25) is 0 Å². The molecule has 0 aliphatic rings. The zero-order chi connectivity index (χ0) is 13.9. The summed E-state index contributed by atoms with van der Waals surface area (Å²) in [6, 6.07) is 2.67. The van der Waals surface area contributed by atoms with Crippen molar-refractivity contribution in [3.05, 3.63) is 23.3 Å². The van der Waals surface area contributed by atoms with Crippen molar-refractivity contribution in [1.82, 2.24) is 0 Å². The number of rotatable bonds is 5. The summed E-state index contributed by atoms with van der Waals surface area (Å²) in [7, 11) is 2.93. The first-order chi connectivity index (χ1) is 8.35. The lowest BCUT2D eigenvalue weighted by atomic mass is 9.94. The summed E-state index contributed by atoms with van der Waals surface area (Å²) in [6.07, 6.45) is 0. The zero-order valence-corrected chi connectivity index (χ0v) is 11.2. The Labute approximate surface area is 107 Å². The van der Waals surface area contributed by atoms with E-state index in [0.717, 1.165) is 0 Å². The summed E-state index contributed by atoms with van der Waals surface area (Å²) >= 11 is 0. The molecule has 0 radical (unpaired) electrons. The summed E-state index contributed by atoms with van der Waals surface area (Å²) in [6.45, 7) is 2.64. The second-order valence-corrected chi connectivity index (χ2v) is 4.57. The highest BCUT2D eigenvalue weighted by Gasteiger charge is 2.27. The predicted molar refractivity (Wildman–Crippen MR) is 67.7 cm³/mol. The molecule has 0 aliphatic heterocycles. The van der Waals surface area contributed by atoms with Gasteiger partial charge in [-0.2, -0.15) is 0 Å². The largest absolute Gasteiger partial charge is 0.493 e. The monoisotopic (exact) mass is 257 g/mol. The van der Waals surface area contributed by atoms with Crippen molar-refractivity contribution in [2.45, 2.75) is 25.6 Å². The van der Waals surface area contributed by atoms with Gasteiger partial charge in [-0.15, -0.1) is 0 Å². The summed E-state index contributed by atoms with van der Waals surface area (Å²) in [5, 5.41) is 9.08. The van der Waals surface area contributed by atoms with Crippen LogP contribution in [0.3, 0.4) is 0 Å². The SMILES string of the molecule is COc1cc(C(N)CO)cc(C(C)(C)F)c1OC. The lowest BCUT2D eigenvalue weighted by Crippen LogP contribution is -2.18. The van der Waals surface area contributed by atoms with Crippen LogP contribution >= 0.6 is 0 Å². The van der Waals surface area contributed by atoms with Crippen LogP contribution in [0.1, 0.15) is 31.0 Å².